The molecular weight excluding hydrogens is 259 g/mol. The van der Waals surface area contributed by atoms with Gasteiger partial charge >= 0.3 is 0 Å². The molecule has 2 aliphatic carbocycles. The van der Waals surface area contributed by atoms with Crippen LogP contribution >= 0.6 is 9.90 Å². The second-order valence-corrected chi connectivity index (χ2v) is 6.97. The molecule has 0 heterocycles. The van der Waals surface area contributed by atoms with Crippen LogP contribution in [-0.2, 0) is 0 Å². The Balaban J connectivity index is 0.00000147. The first-order chi connectivity index (χ1) is 9.27. The summed E-state index contributed by atoms with van der Waals surface area (Å²) in [7, 11) is 0. The summed E-state index contributed by atoms with van der Waals surface area (Å²) in [6.07, 6.45) is 11.5. The fourth-order valence-electron chi connectivity index (χ4n) is 4.38. The van der Waals surface area contributed by atoms with E-state index in [4.69, 9.17) is 0 Å². The fourth-order valence-corrected chi connectivity index (χ4v) is 4.38. The van der Waals surface area contributed by atoms with E-state index in [2.05, 4.69) is 32.0 Å². The summed E-state index contributed by atoms with van der Waals surface area (Å²) in [6.45, 7) is 4.73. The van der Waals surface area contributed by atoms with Gasteiger partial charge in [0, 0.05) is 0 Å². The summed E-state index contributed by atoms with van der Waals surface area (Å²) in [5.41, 5.74) is 5.16. The Kier molecular flexibility index (Phi) is 5.67. The summed E-state index contributed by atoms with van der Waals surface area (Å²) < 4.78 is 0. The minimum absolute atomic E-state index is 0. The molecule has 0 spiro atoms. The summed E-state index contributed by atoms with van der Waals surface area (Å²) in [4.78, 5) is 0. The zero-order valence-electron chi connectivity index (χ0n) is 13.3. The third kappa shape index (κ3) is 3.11. The smallest absolute Gasteiger partial charge is 0.0156 e. The topological polar surface area (TPSA) is 0 Å². The second kappa shape index (κ2) is 7.08. The van der Waals surface area contributed by atoms with Gasteiger partial charge in [-0.15, -0.1) is 0 Å². The molecule has 0 amide bonds. The van der Waals surface area contributed by atoms with E-state index in [-0.39, 0.29) is 9.90 Å². The highest BCUT2D eigenvalue weighted by Crippen LogP contribution is 2.45. The van der Waals surface area contributed by atoms with Gasteiger partial charge in [-0.25, -0.2) is 0 Å². The van der Waals surface area contributed by atoms with Crippen LogP contribution in [0.4, 0.5) is 0 Å². The summed E-state index contributed by atoms with van der Waals surface area (Å²) >= 11 is 0. The molecule has 112 valence electrons. The van der Waals surface area contributed by atoms with E-state index in [9.17, 15) is 0 Å². The minimum Gasteiger partial charge on any atom is -0.153 e. The van der Waals surface area contributed by atoms with Gasteiger partial charge in [-0.3, -0.25) is 0 Å². The largest absolute Gasteiger partial charge is 0.153 e. The van der Waals surface area contributed by atoms with Crippen molar-refractivity contribution in [2.24, 2.45) is 0 Å². The first-order valence-corrected chi connectivity index (χ1v) is 8.40. The highest BCUT2D eigenvalue weighted by atomic mass is 31.0. The van der Waals surface area contributed by atoms with Crippen molar-refractivity contribution in [3.8, 4) is 0 Å². The molecule has 3 rings (SSSR count). The van der Waals surface area contributed by atoms with Crippen molar-refractivity contribution < 1.29 is 0 Å². The average Bonchev–Trinajstić information content (AvgIpc) is 3.11. The van der Waals surface area contributed by atoms with Crippen LogP contribution < -0.4 is 0 Å². The van der Waals surface area contributed by atoms with Gasteiger partial charge in [-0.05, 0) is 60.1 Å². The van der Waals surface area contributed by atoms with Crippen LogP contribution in [0, 0.1) is 0 Å². The molecule has 1 atom stereocenters. The Hall–Kier alpha value is -0.350. The second-order valence-electron chi connectivity index (χ2n) is 6.97. The van der Waals surface area contributed by atoms with Gasteiger partial charge in [-0.2, -0.15) is 9.90 Å². The van der Waals surface area contributed by atoms with Crippen molar-refractivity contribution in [2.45, 2.75) is 83.0 Å². The molecule has 0 N–H and O–H groups in total. The van der Waals surface area contributed by atoms with Crippen molar-refractivity contribution >= 4 is 9.90 Å². The lowest BCUT2D eigenvalue weighted by Crippen LogP contribution is -2.08. The molecule has 0 bridgehead atoms. The maximum Gasteiger partial charge on any atom is -0.0156 e. The monoisotopic (exact) mass is 290 g/mol. The zero-order valence-corrected chi connectivity index (χ0v) is 14.7. The van der Waals surface area contributed by atoms with Crippen molar-refractivity contribution in [2.75, 3.05) is 0 Å². The van der Waals surface area contributed by atoms with E-state index >= 15 is 0 Å². The van der Waals surface area contributed by atoms with Crippen LogP contribution in [0.3, 0.4) is 0 Å². The van der Waals surface area contributed by atoms with E-state index in [1.807, 2.05) is 0 Å². The fraction of sp³-hybridized carbons (Fsp3) is 0.684. The van der Waals surface area contributed by atoms with Crippen molar-refractivity contribution in [3.63, 3.8) is 0 Å². The van der Waals surface area contributed by atoms with E-state index in [0.717, 1.165) is 11.8 Å². The highest BCUT2D eigenvalue weighted by Gasteiger charge is 2.27. The molecule has 1 aromatic rings. The number of benzene rings is 1. The first kappa shape index (κ1) is 16.0. The maximum absolute atomic E-state index is 2.45. The van der Waals surface area contributed by atoms with Gasteiger partial charge in [0.1, 0.15) is 0 Å². The van der Waals surface area contributed by atoms with Crippen molar-refractivity contribution in [3.05, 3.63) is 34.9 Å². The van der Waals surface area contributed by atoms with Crippen LogP contribution in [0.2, 0.25) is 0 Å². The molecule has 1 unspecified atom stereocenters. The summed E-state index contributed by atoms with van der Waals surface area (Å²) in [5, 5.41) is 0. The summed E-state index contributed by atoms with van der Waals surface area (Å²) in [6, 6.07) is 7.17. The third-order valence-electron chi connectivity index (χ3n) is 5.35. The third-order valence-corrected chi connectivity index (χ3v) is 5.35. The molecule has 1 aromatic carbocycles. The van der Waals surface area contributed by atoms with Crippen molar-refractivity contribution in [1.82, 2.24) is 0 Å². The number of rotatable bonds is 3. The van der Waals surface area contributed by atoms with Gasteiger partial charge in [0.15, 0.2) is 0 Å². The quantitative estimate of drug-likeness (QED) is 0.583. The molecule has 2 fully saturated rings. The van der Waals surface area contributed by atoms with Crippen molar-refractivity contribution in [1.29, 1.82) is 0 Å². The van der Waals surface area contributed by atoms with E-state index < -0.39 is 0 Å². The lowest BCUT2D eigenvalue weighted by atomic mass is 9.80. The molecule has 2 saturated carbocycles. The standard InChI is InChI=1S/C19H28.H3P/c1-14(2)17-12-7-13-18(15-8-3-4-9-15)19(17)16-10-5-6-11-16;/h7,12-16H,3-6,8-11H2,1-2H3;1H3. The lowest BCUT2D eigenvalue weighted by Gasteiger charge is -2.25. The molecular formula is C19H31P. The highest BCUT2D eigenvalue weighted by molar-refractivity contribution is 6.92. The van der Waals surface area contributed by atoms with Crippen LogP contribution in [0.25, 0.3) is 0 Å². The predicted molar refractivity (Wildman–Crippen MR) is 94.1 cm³/mol. The predicted octanol–water partition coefficient (Wildman–Crippen LogP) is 6.18. The Morgan fingerprint density at radius 2 is 1.40 bits per heavy atom. The van der Waals surface area contributed by atoms with Crippen LogP contribution in [0.1, 0.15) is 99.7 Å². The molecule has 0 aromatic heterocycles. The number of hydrogen-bond acceptors (Lipinski definition) is 0. The molecule has 20 heavy (non-hydrogen) atoms. The Morgan fingerprint density at radius 3 is 1.95 bits per heavy atom. The normalized spacial score (nSPS) is 20.6. The van der Waals surface area contributed by atoms with E-state index in [0.29, 0.717) is 5.92 Å². The van der Waals surface area contributed by atoms with Gasteiger partial charge in [0.25, 0.3) is 0 Å². The molecule has 1 heteroatoms. The lowest BCUT2D eigenvalue weighted by molar-refractivity contribution is 0.649. The zero-order chi connectivity index (χ0) is 13.2. The molecule has 0 nitrogen and oxygen atoms in total. The SMILES string of the molecule is CC(C)c1cccc(C2CCCC2)c1C1CCCC1.P. The molecule has 2 aliphatic rings. The van der Waals surface area contributed by atoms with Gasteiger partial charge in [0.05, 0.1) is 0 Å². The first-order valence-electron chi connectivity index (χ1n) is 8.40. The molecule has 0 saturated heterocycles. The van der Waals surface area contributed by atoms with Gasteiger partial charge < -0.3 is 0 Å². The molecule has 0 radical (unpaired) electrons. The Labute approximate surface area is 128 Å². The Bertz CT molecular complexity index is 423. The van der Waals surface area contributed by atoms with Crippen LogP contribution in [0.15, 0.2) is 18.2 Å². The summed E-state index contributed by atoms with van der Waals surface area (Å²) in [5.74, 6) is 2.42. The van der Waals surface area contributed by atoms with Gasteiger partial charge in [0.2, 0.25) is 0 Å². The maximum atomic E-state index is 2.45. The Morgan fingerprint density at radius 1 is 0.850 bits per heavy atom. The molecule has 0 aliphatic heterocycles. The number of hydrogen-bond donors (Lipinski definition) is 0. The van der Waals surface area contributed by atoms with Gasteiger partial charge in [-0.1, -0.05) is 57.7 Å². The van der Waals surface area contributed by atoms with E-state index in [1.54, 1.807) is 16.7 Å². The average molecular weight is 290 g/mol. The minimum atomic E-state index is 0. The van der Waals surface area contributed by atoms with E-state index in [1.165, 1.54) is 51.4 Å². The van der Waals surface area contributed by atoms with Crippen LogP contribution in [0.5, 0.6) is 0 Å². The van der Waals surface area contributed by atoms with Crippen LogP contribution in [-0.4, -0.2) is 0 Å².